The van der Waals surface area contributed by atoms with Crippen LogP contribution in [0.4, 0.5) is 0 Å². The average Bonchev–Trinajstić information content (AvgIpc) is 3.17. The van der Waals surface area contributed by atoms with Gasteiger partial charge in [0.2, 0.25) is 0 Å². The van der Waals surface area contributed by atoms with Crippen LogP contribution in [0.25, 0.3) is 0 Å². The highest BCUT2D eigenvalue weighted by Crippen LogP contribution is 2.37. The topological polar surface area (TPSA) is 32.7 Å². The number of ether oxygens (including phenoxy) is 1. The molecule has 1 saturated carbocycles. The second-order valence-electron chi connectivity index (χ2n) is 7.28. The molecular formula is C19H30INO2. The molecule has 2 unspecified atom stereocenters. The maximum Gasteiger partial charge on any atom is 0.125 e. The van der Waals surface area contributed by atoms with E-state index in [9.17, 15) is 5.11 Å². The quantitative estimate of drug-likeness (QED) is 0.667. The third-order valence-corrected chi connectivity index (χ3v) is 5.03. The molecule has 0 bridgehead atoms. The fourth-order valence-electron chi connectivity index (χ4n) is 3.65. The number of nitrogens with zero attached hydrogens (tertiary/aromatic N) is 1. The van der Waals surface area contributed by atoms with Gasteiger partial charge in [-0.25, -0.2) is 0 Å². The van der Waals surface area contributed by atoms with Gasteiger partial charge in [-0.05, 0) is 56.2 Å². The summed E-state index contributed by atoms with van der Waals surface area (Å²) in [5.74, 6) is 2.80. The van der Waals surface area contributed by atoms with Crippen LogP contribution < -0.4 is 4.74 Å². The first-order valence-electron chi connectivity index (χ1n) is 8.71. The van der Waals surface area contributed by atoms with Crippen molar-refractivity contribution in [3.05, 3.63) is 29.3 Å². The fraction of sp³-hybridized carbons (Fsp3) is 0.684. The summed E-state index contributed by atoms with van der Waals surface area (Å²) in [4.78, 5) is 2.41. The van der Waals surface area contributed by atoms with Crippen LogP contribution in [-0.2, 0) is 0 Å². The van der Waals surface area contributed by atoms with Crippen molar-refractivity contribution >= 4 is 24.0 Å². The lowest BCUT2D eigenvalue weighted by Gasteiger charge is -2.21. The lowest BCUT2D eigenvalue weighted by molar-refractivity contribution is 0.0740. The van der Waals surface area contributed by atoms with E-state index in [-0.39, 0.29) is 24.0 Å². The molecule has 2 fully saturated rings. The van der Waals surface area contributed by atoms with Gasteiger partial charge in [-0.3, -0.25) is 0 Å². The third kappa shape index (κ3) is 5.61. The average molecular weight is 431 g/mol. The molecule has 130 valence electrons. The molecular weight excluding hydrogens is 401 g/mol. The summed E-state index contributed by atoms with van der Waals surface area (Å²) in [6.45, 7) is 7.53. The Balaban J connectivity index is 0.00000192. The Morgan fingerprint density at radius 2 is 1.87 bits per heavy atom. The van der Waals surface area contributed by atoms with E-state index in [4.69, 9.17) is 4.74 Å². The van der Waals surface area contributed by atoms with Gasteiger partial charge in [-0.1, -0.05) is 31.0 Å². The first kappa shape index (κ1) is 19.0. The molecule has 1 heterocycles. The van der Waals surface area contributed by atoms with Gasteiger partial charge >= 0.3 is 0 Å². The van der Waals surface area contributed by atoms with Crippen LogP contribution in [0.15, 0.2) is 18.2 Å². The number of aliphatic hydroxyl groups excluding tert-OH is 1. The van der Waals surface area contributed by atoms with Crippen molar-refractivity contribution < 1.29 is 9.84 Å². The van der Waals surface area contributed by atoms with E-state index in [1.54, 1.807) is 0 Å². The van der Waals surface area contributed by atoms with E-state index >= 15 is 0 Å². The first-order chi connectivity index (χ1) is 10.6. The molecule has 2 aliphatic rings. The molecule has 1 N–H and O–H groups in total. The van der Waals surface area contributed by atoms with Gasteiger partial charge in [0.05, 0.1) is 0 Å². The number of para-hydroxylation sites is 1. The number of hydrogen-bond donors (Lipinski definition) is 1. The lowest BCUT2D eigenvalue weighted by atomic mass is 10.0. The number of rotatable bonds is 7. The standard InChI is InChI=1S/C19H29NO2.HI/c1-14-4-3-5-15(2)19(14)22-13-18(21)12-20-9-8-17(11-20)10-16-6-7-16;/h3-5,16-18,21H,6-13H2,1-2H3;1H. The van der Waals surface area contributed by atoms with Crippen molar-refractivity contribution in [2.24, 2.45) is 11.8 Å². The molecule has 0 spiro atoms. The van der Waals surface area contributed by atoms with Gasteiger partial charge in [-0.15, -0.1) is 24.0 Å². The second-order valence-corrected chi connectivity index (χ2v) is 7.28. The molecule has 1 aliphatic heterocycles. The van der Waals surface area contributed by atoms with Gasteiger partial charge in [0.1, 0.15) is 18.5 Å². The van der Waals surface area contributed by atoms with Gasteiger partial charge in [-0.2, -0.15) is 0 Å². The molecule has 3 rings (SSSR count). The van der Waals surface area contributed by atoms with Crippen molar-refractivity contribution in [2.75, 3.05) is 26.2 Å². The van der Waals surface area contributed by atoms with Gasteiger partial charge in [0.15, 0.2) is 0 Å². The molecule has 0 amide bonds. The Morgan fingerprint density at radius 1 is 1.17 bits per heavy atom. The molecule has 3 nitrogen and oxygen atoms in total. The Morgan fingerprint density at radius 3 is 2.52 bits per heavy atom. The highest BCUT2D eigenvalue weighted by molar-refractivity contribution is 14.0. The normalized spacial score (nSPS) is 22.7. The minimum atomic E-state index is -0.404. The van der Waals surface area contributed by atoms with Crippen molar-refractivity contribution in [1.29, 1.82) is 0 Å². The largest absolute Gasteiger partial charge is 0.490 e. The Kier molecular flexibility index (Phi) is 7.17. The number of halogens is 1. The van der Waals surface area contributed by atoms with Gasteiger partial charge in [0, 0.05) is 13.1 Å². The molecule has 0 aromatic heterocycles. The van der Waals surface area contributed by atoms with Crippen LogP contribution in [0.2, 0.25) is 0 Å². The molecule has 2 atom stereocenters. The third-order valence-electron chi connectivity index (χ3n) is 5.03. The summed E-state index contributed by atoms with van der Waals surface area (Å²) < 4.78 is 5.86. The van der Waals surface area contributed by atoms with Crippen LogP contribution in [0.1, 0.15) is 36.8 Å². The predicted octanol–water partition coefficient (Wildman–Crippen LogP) is 3.78. The highest BCUT2D eigenvalue weighted by Gasteiger charge is 2.30. The zero-order valence-electron chi connectivity index (χ0n) is 14.3. The Bertz CT molecular complexity index is 484. The van der Waals surface area contributed by atoms with Crippen LogP contribution in [-0.4, -0.2) is 42.4 Å². The van der Waals surface area contributed by atoms with E-state index in [0.29, 0.717) is 6.61 Å². The number of aryl methyl sites for hydroxylation is 2. The summed E-state index contributed by atoms with van der Waals surface area (Å²) in [5.41, 5.74) is 2.27. The first-order valence-corrected chi connectivity index (χ1v) is 8.71. The predicted molar refractivity (Wildman–Crippen MR) is 105 cm³/mol. The van der Waals surface area contributed by atoms with E-state index in [2.05, 4.69) is 30.9 Å². The lowest BCUT2D eigenvalue weighted by Crippen LogP contribution is -2.34. The molecule has 0 radical (unpaired) electrons. The maximum atomic E-state index is 10.3. The minimum absolute atomic E-state index is 0. The number of β-amino-alcohol motifs (C(OH)–C–C–N with tert-alkyl or cyclic N) is 1. The minimum Gasteiger partial charge on any atom is -0.490 e. The van der Waals surface area contributed by atoms with E-state index < -0.39 is 6.10 Å². The van der Waals surface area contributed by atoms with E-state index in [1.165, 1.54) is 25.7 Å². The number of aliphatic hydroxyl groups is 1. The van der Waals surface area contributed by atoms with Crippen molar-refractivity contribution in [3.63, 3.8) is 0 Å². The zero-order valence-corrected chi connectivity index (χ0v) is 16.7. The molecule has 1 aromatic carbocycles. The highest BCUT2D eigenvalue weighted by atomic mass is 127. The fourth-order valence-corrected chi connectivity index (χ4v) is 3.65. The SMILES string of the molecule is Cc1cccc(C)c1OCC(O)CN1CCC(CC2CC2)C1.I. The molecule has 1 aromatic rings. The maximum absolute atomic E-state index is 10.3. The van der Waals surface area contributed by atoms with Crippen LogP contribution in [0.5, 0.6) is 5.75 Å². The summed E-state index contributed by atoms with van der Waals surface area (Å²) in [6, 6.07) is 6.15. The number of likely N-dealkylation sites (tertiary alicyclic amines) is 1. The number of hydrogen-bond acceptors (Lipinski definition) is 3. The smallest absolute Gasteiger partial charge is 0.125 e. The van der Waals surface area contributed by atoms with Crippen LogP contribution in [0, 0.1) is 25.7 Å². The summed E-state index contributed by atoms with van der Waals surface area (Å²) in [5, 5.41) is 10.3. The molecule has 23 heavy (non-hydrogen) atoms. The summed E-state index contributed by atoms with van der Waals surface area (Å²) in [7, 11) is 0. The van der Waals surface area contributed by atoms with Crippen molar-refractivity contribution in [1.82, 2.24) is 4.90 Å². The van der Waals surface area contributed by atoms with Crippen LogP contribution in [0.3, 0.4) is 0 Å². The van der Waals surface area contributed by atoms with Crippen LogP contribution >= 0.6 is 24.0 Å². The second kappa shape index (κ2) is 8.67. The van der Waals surface area contributed by atoms with Crippen molar-refractivity contribution in [3.8, 4) is 5.75 Å². The zero-order chi connectivity index (χ0) is 15.5. The van der Waals surface area contributed by atoms with Gasteiger partial charge in [0.25, 0.3) is 0 Å². The Labute approximate surface area is 157 Å². The van der Waals surface area contributed by atoms with Gasteiger partial charge < -0.3 is 14.7 Å². The molecule has 1 saturated heterocycles. The van der Waals surface area contributed by atoms with Crippen molar-refractivity contribution in [2.45, 2.75) is 45.6 Å². The van der Waals surface area contributed by atoms with E-state index in [1.807, 2.05) is 6.07 Å². The summed E-state index contributed by atoms with van der Waals surface area (Å²) >= 11 is 0. The number of benzene rings is 1. The van der Waals surface area contributed by atoms with E-state index in [0.717, 1.165) is 48.3 Å². The monoisotopic (exact) mass is 431 g/mol. The Hall–Kier alpha value is -0.330. The molecule has 4 heteroatoms. The summed E-state index contributed by atoms with van der Waals surface area (Å²) in [6.07, 6.45) is 5.21. The molecule has 1 aliphatic carbocycles.